The van der Waals surface area contributed by atoms with Crippen molar-refractivity contribution in [2.75, 3.05) is 13.1 Å². The molecule has 2 aromatic rings. The summed E-state index contributed by atoms with van der Waals surface area (Å²) in [6.45, 7) is 4.19. The molecular weight excluding hydrogens is 356 g/mol. The van der Waals surface area contributed by atoms with Crippen LogP contribution >= 0.6 is 12.4 Å². The van der Waals surface area contributed by atoms with Gasteiger partial charge in [0, 0.05) is 12.5 Å². The van der Waals surface area contributed by atoms with Gasteiger partial charge in [0.2, 0.25) is 5.91 Å². The van der Waals surface area contributed by atoms with Crippen LogP contribution in [0.25, 0.3) is 0 Å². The molecule has 0 saturated carbocycles. The molecule has 0 aromatic heterocycles. The molecule has 1 heterocycles. The van der Waals surface area contributed by atoms with Gasteiger partial charge in [-0.2, -0.15) is 0 Å². The molecule has 3 rings (SSSR count). The third-order valence-electron chi connectivity index (χ3n) is 5.34. The lowest BCUT2D eigenvalue weighted by Crippen LogP contribution is -2.48. The molecule has 0 bridgehead atoms. The SMILES string of the molecule is CC1CNCCC1NC(=O)CC(Cc1ccccc1)Cc1ccccc1.Cl. The predicted molar refractivity (Wildman–Crippen MR) is 114 cm³/mol. The van der Waals surface area contributed by atoms with E-state index in [0.717, 1.165) is 32.4 Å². The Bertz CT molecular complexity index is 636. The Morgan fingerprint density at radius 2 is 1.59 bits per heavy atom. The van der Waals surface area contributed by atoms with Gasteiger partial charge in [0.15, 0.2) is 0 Å². The highest BCUT2D eigenvalue weighted by molar-refractivity contribution is 5.85. The molecular formula is C23H31ClN2O. The van der Waals surface area contributed by atoms with Crippen molar-refractivity contribution in [3.05, 3.63) is 71.8 Å². The van der Waals surface area contributed by atoms with E-state index in [0.29, 0.717) is 24.3 Å². The average molecular weight is 387 g/mol. The average Bonchev–Trinajstić information content (AvgIpc) is 2.65. The van der Waals surface area contributed by atoms with Gasteiger partial charge >= 0.3 is 0 Å². The van der Waals surface area contributed by atoms with E-state index in [1.807, 2.05) is 12.1 Å². The zero-order chi connectivity index (χ0) is 18.2. The molecule has 1 saturated heterocycles. The van der Waals surface area contributed by atoms with Gasteiger partial charge in [0.05, 0.1) is 0 Å². The fraction of sp³-hybridized carbons (Fsp3) is 0.435. The molecule has 1 fully saturated rings. The number of benzene rings is 2. The third-order valence-corrected chi connectivity index (χ3v) is 5.34. The van der Waals surface area contributed by atoms with Crippen molar-refractivity contribution in [1.82, 2.24) is 10.6 Å². The van der Waals surface area contributed by atoms with Crippen LogP contribution in [0.2, 0.25) is 0 Å². The first-order chi connectivity index (χ1) is 12.7. The zero-order valence-electron chi connectivity index (χ0n) is 16.1. The Kier molecular flexibility index (Phi) is 8.83. The Hall–Kier alpha value is -1.84. The number of carbonyl (C=O) groups excluding carboxylic acids is 1. The topological polar surface area (TPSA) is 41.1 Å². The van der Waals surface area contributed by atoms with E-state index in [1.165, 1.54) is 11.1 Å². The van der Waals surface area contributed by atoms with Gasteiger partial charge in [-0.3, -0.25) is 4.79 Å². The molecule has 4 heteroatoms. The monoisotopic (exact) mass is 386 g/mol. The molecule has 27 heavy (non-hydrogen) atoms. The second-order valence-corrected chi connectivity index (χ2v) is 7.59. The van der Waals surface area contributed by atoms with Crippen molar-refractivity contribution in [3.63, 3.8) is 0 Å². The fourth-order valence-corrected chi connectivity index (χ4v) is 3.87. The summed E-state index contributed by atoms with van der Waals surface area (Å²) in [6.07, 6.45) is 3.48. The van der Waals surface area contributed by atoms with Gasteiger partial charge in [-0.1, -0.05) is 67.6 Å². The number of hydrogen-bond acceptors (Lipinski definition) is 2. The molecule has 2 N–H and O–H groups in total. The molecule has 146 valence electrons. The summed E-state index contributed by atoms with van der Waals surface area (Å²) < 4.78 is 0. The van der Waals surface area contributed by atoms with Crippen molar-refractivity contribution in [1.29, 1.82) is 0 Å². The van der Waals surface area contributed by atoms with E-state index in [9.17, 15) is 4.79 Å². The minimum absolute atomic E-state index is 0. The van der Waals surface area contributed by atoms with E-state index < -0.39 is 0 Å². The minimum Gasteiger partial charge on any atom is -0.353 e. The summed E-state index contributed by atoms with van der Waals surface area (Å²) in [5, 5.41) is 6.68. The number of halogens is 1. The normalized spacial score (nSPS) is 19.3. The van der Waals surface area contributed by atoms with Gasteiger partial charge in [0.1, 0.15) is 0 Å². The minimum atomic E-state index is 0. The fourth-order valence-electron chi connectivity index (χ4n) is 3.87. The molecule has 2 atom stereocenters. The Labute approximate surface area is 169 Å². The number of amides is 1. The van der Waals surface area contributed by atoms with Crippen LogP contribution in [-0.4, -0.2) is 25.0 Å². The van der Waals surface area contributed by atoms with Crippen molar-refractivity contribution >= 4 is 18.3 Å². The van der Waals surface area contributed by atoms with Crippen molar-refractivity contribution in [2.45, 2.75) is 38.6 Å². The first-order valence-electron chi connectivity index (χ1n) is 9.78. The lowest BCUT2D eigenvalue weighted by molar-refractivity contribution is -0.123. The van der Waals surface area contributed by atoms with Crippen LogP contribution in [0.5, 0.6) is 0 Å². The highest BCUT2D eigenvalue weighted by Crippen LogP contribution is 2.19. The number of hydrogen-bond donors (Lipinski definition) is 2. The van der Waals surface area contributed by atoms with Gasteiger partial charge in [-0.15, -0.1) is 12.4 Å². The second kappa shape index (κ2) is 11.1. The highest BCUT2D eigenvalue weighted by Gasteiger charge is 2.24. The number of nitrogens with one attached hydrogen (secondary N) is 2. The molecule has 0 aliphatic carbocycles. The van der Waals surface area contributed by atoms with E-state index in [1.54, 1.807) is 0 Å². The van der Waals surface area contributed by atoms with Crippen LogP contribution in [0.1, 0.15) is 30.9 Å². The smallest absolute Gasteiger partial charge is 0.220 e. The number of piperidine rings is 1. The highest BCUT2D eigenvalue weighted by atomic mass is 35.5. The van der Waals surface area contributed by atoms with E-state index in [2.05, 4.69) is 66.1 Å². The lowest BCUT2D eigenvalue weighted by Gasteiger charge is -2.30. The standard InChI is InChI=1S/C23H30N2O.ClH/c1-18-17-24-13-12-22(18)25-23(26)16-21(14-19-8-4-2-5-9-19)15-20-10-6-3-7-11-20;/h2-11,18,21-22,24H,12-17H2,1H3,(H,25,26);1H. The quantitative estimate of drug-likeness (QED) is 0.754. The van der Waals surface area contributed by atoms with Crippen LogP contribution < -0.4 is 10.6 Å². The zero-order valence-corrected chi connectivity index (χ0v) is 16.9. The Morgan fingerprint density at radius 1 is 1.04 bits per heavy atom. The molecule has 0 radical (unpaired) electrons. The summed E-state index contributed by atoms with van der Waals surface area (Å²) in [5.41, 5.74) is 2.60. The van der Waals surface area contributed by atoms with Gasteiger partial charge in [-0.05, 0) is 55.3 Å². The molecule has 2 unspecified atom stereocenters. The maximum absolute atomic E-state index is 12.7. The summed E-state index contributed by atoms with van der Waals surface area (Å²) in [4.78, 5) is 12.7. The largest absolute Gasteiger partial charge is 0.353 e. The van der Waals surface area contributed by atoms with Gasteiger partial charge in [0.25, 0.3) is 0 Å². The first kappa shape index (κ1) is 21.5. The predicted octanol–water partition coefficient (Wildman–Crippen LogP) is 4.01. The van der Waals surface area contributed by atoms with Crippen LogP contribution in [0, 0.1) is 11.8 Å². The van der Waals surface area contributed by atoms with Gasteiger partial charge < -0.3 is 10.6 Å². The summed E-state index contributed by atoms with van der Waals surface area (Å²) >= 11 is 0. The Morgan fingerprint density at radius 3 is 2.11 bits per heavy atom. The molecule has 2 aromatic carbocycles. The van der Waals surface area contributed by atoms with Gasteiger partial charge in [-0.25, -0.2) is 0 Å². The Balaban J connectivity index is 0.00000261. The number of carbonyl (C=O) groups is 1. The van der Waals surface area contributed by atoms with Crippen LogP contribution in [-0.2, 0) is 17.6 Å². The second-order valence-electron chi connectivity index (χ2n) is 7.59. The molecule has 1 aliphatic rings. The first-order valence-corrected chi connectivity index (χ1v) is 9.78. The maximum Gasteiger partial charge on any atom is 0.220 e. The maximum atomic E-state index is 12.7. The van der Waals surface area contributed by atoms with E-state index in [4.69, 9.17) is 0 Å². The van der Waals surface area contributed by atoms with Crippen LogP contribution in [0.3, 0.4) is 0 Å². The summed E-state index contributed by atoms with van der Waals surface area (Å²) in [6, 6.07) is 21.3. The van der Waals surface area contributed by atoms with Crippen LogP contribution in [0.15, 0.2) is 60.7 Å². The lowest BCUT2D eigenvalue weighted by atomic mass is 9.89. The molecule has 0 spiro atoms. The number of rotatable bonds is 7. The third kappa shape index (κ3) is 7.00. The summed E-state index contributed by atoms with van der Waals surface area (Å²) in [5.74, 6) is 1.01. The van der Waals surface area contributed by atoms with Crippen molar-refractivity contribution in [3.8, 4) is 0 Å². The van der Waals surface area contributed by atoms with Crippen LogP contribution in [0.4, 0.5) is 0 Å². The van der Waals surface area contributed by atoms with E-state index >= 15 is 0 Å². The molecule has 1 amide bonds. The van der Waals surface area contributed by atoms with Crippen molar-refractivity contribution in [2.24, 2.45) is 11.8 Å². The molecule has 3 nitrogen and oxygen atoms in total. The van der Waals surface area contributed by atoms with Crippen molar-refractivity contribution < 1.29 is 4.79 Å². The van der Waals surface area contributed by atoms with E-state index in [-0.39, 0.29) is 18.3 Å². The summed E-state index contributed by atoms with van der Waals surface area (Å²) in [7, 11) is 0. The molecule has 1 aliphatic heterocycles.